The Morgan fingerprint density at radius 2 is 1.80 bits per heavy atom. The topological polar surface area (TPSA) is 48.5 Å². The number of piperazine rings is 1. The van der Waals surface area contributed by atoms with Crippen LogP contribution in [-0.2, 0) is 4.79 Å². The number of benzene rings is 2. The molecule has 1 unspecified atom stereocenters. The highest BCUT2D eigenvalue weighted by Gasteiger charge is 2.20. The van der Waals surface area contributed by atoms with Gasteiger partial charge in [-0.2, -0.15) is 0 Å². The molecule has 1 aliphatic rings. The number of fused-ring (bicyclic) bond motifs is 1. The fourth-order valence-corrected chi connectivity index (χ4v) is 4.61. The number of carbonyl (C=O) groups is 1. The number of aromatic nitrogens is 1. The van der Waals surface area contributed by atoms with Gasteiger partial charge in [-0.15, -0.1) is 11.8 Å². The number of nitrogens with zero attached hydrogens (tertiary/aromatic N) is 3. The van der Waals surface area contributed by atoms with Crippen molar-refractivity contribution in [2.75, 3.05) is 43.4 Å². The van der Waals surface area contributed by atoms with Gasteiger partial charge in [0.25, 0.3) is 0 Å². The molecule has 0 bridgehead atoms. The summed E-state index contributed by atoms with van der Waals surface area (Å²) in [5.74, 6) is 1.58. The highest BCUT2D eigenvalue weighted by atomic mass is 32.2. The van der Waals surface area contributed by atoms with Crippen LogP contribution in [-0.4, -0.2) is 60.3 Å². The largest absolute Gasteiger partial charge is 0.354 e. The predicted octanol–water partition coefficient (Wildman–Crippen LogP) is 3.65. The van der Waals surface area contributed by atoms with Crippen molar-refractivity contribution in [1.29, 1.82) is 0 Å². The first kappa shape index (κ1) is 20.7. The number of amides is 1. The second-order valence-electron chi connectivity index (χ2n) is 7.74. The Morgan fingerprint density at radius 3 is 2.57 bits per heavy atom. The van der Waals surface area contributed by atoms with Gasteiger partial charge in [0.1, 0.15) is 5.82 Å². The highest BCUT2D eigenvalue weighted by molar-refractivity contribution is 8.00. The van der Waals surface area contributed by atoms with Crippen molar-refractivity contribution >= 4 is 34.3 Å². The second-order valence-corrected chi connectivity index (χ2v) is 8.79. The lowest BCUT2D eigenvalue weighted by atomic mass is 10.1. The molecule has 0 spiro atoms. The molecule has 1 N–H and O–H groups in total. The zero-order chi connectivity index (χ0) is 20.8. The van der Waals surface area contributed by atoms with Crippen LogP contribution >= 0.6 is 11.8 Å². The maximum atomic E-state index is 12.4. The van der Waals surface area contributed by atoms with Crippen LogP contribution in [0.5, 0.6) is 0 Å². The van der Waals surface area contributed by atoms with Gasteiger partial charge < -0.3 is 10.2 Å². The molecule has 6 heteroatoms. The molecule has 2 heterocycles. The number of hydrogen-bond donors (Lipinski definition) is 1. The predicted molar refractivity (Wildman–Crippen MR) is 125 cm³/mol. The van der Waals surface area contributed by atoms with E-state index in [2.05, 4.69) is 63.4 Å². The molecule has 1 fully saturated rings. The van der Waals surface area contributed by atoms with Crippen molar-refractivity contribution in [2.24, 2.45) is 0 Å². The molecule has 1 aliphatic heterocycles. The average Bonchev–Trinajstić information content (AvgIpc) is 2.78. The molecule has 30 heavy (non-hydrogen) atoms. The molecule has 1 saturated heterocycles. The first-order valence-electron chi connectivity index (χ1n) is 10.5. The van der Waals surface area contributed by atoms with E-state index in [0.29, 0.717) is 5.75 Å². The van der Waals surface area contributed by atoms with Crippen molar-refractivity contribution in [1.82, 2.24) is 15.2 Å². The summed E-state index contributed by atoms with van der Waals surface area (Å²) in [6, 6.07) is 20.8. The van der Waals surface area contributed by atoms with Crippen LogP contribution in [0.15, 0.2) is 71.8 Å². The second kappa shape index (κ2) is 9.96. The SMILES string of the molecule is CC(CN1CCN(c2ccccn2)CC1)NC(=O)CSc1ccc2ccccc2c1. The van der Waals surface area contributed by atoms with Crippen molar-refractivity contribution < 1.29 is 4.79 Å². The number of nitrogens with one attached hydrogen (secondary N) is 1. The molecule has 156 valence electrons. The van der Waals surface area contributed by atoms with Crippen LogP contribution in [0.3, 0.4) is 0 Å². The molecular formula is C24H28N4OS. The molecule has 1 atom stereocenters. The summed E-state index contributed by atoms with van der Waals surface area (Å²) >= 11 is 1.59. The number of rotatable bonds is 7. The lowest BCUT2D eigenvalue weighted by Gasteiger charge is -2.36. The van der Waals surface area contributed by atoms with Gasteiger partial charge >= 0.3 is 0 Å². The lowest BCUT2D eigenvalue weighted by Crippen LogP contribution is -2.51. The minimum Gasteiger partial charge on any atom is -0.354 e. The minimum absolute atomic E-state index is 0.0905. The summed E-state index contributed by atoms with van der Waals surface area (Å²) in [6.45, 7) is 6.88. The maximum Gasteiger partial charge on any atom is 0.230 e. The minimum atomic E-state index is 0.0905. The summed E-state index contributed by atoms with van der Waals surface area (Å²) in [4.78, 5) is 22.7. The molecular weight excluding hydrogens is 392 g/mol. The van der Waals surface area contributed by atoms with Crippen molar-refractivity contribution in [3.63, 3.8) is 0 Å². The number of hydrogen-bond acceptors (Lipinski definition) is 5. The van der Waals surface area contributed by atoms with E-state index in [1.807, 2.05) is 30.5 Å². The third-order valence-electron chi connectivity index (χ3n) is 5.38. The molecule has 5 nitrogen and oxygen atoms in total. The average molecular weight is 421 g/mol. The molecule has 3 aromatic rings. The summed E-state index contributed by atoms with van der Waals surface area (Å²) in [6.07, 6.45) is 1.84. The number of pyridine rings is 1. The van der Waals surface area contributed by atoms with Gasteiger partial charge in [0, 0.05) is 49.9 Å². The fraction of sp³-hybridized carbons (Fsp3) is 0.333. The van der Waals surface area contributed by atoms with Gasteiger partial charge in [0.2, 0.25) is 5.91 Å². The van der Waals surface area contributed by atoms with Crippen LogP contribution in [0.25, 0.3) is 10.8 Å². The van der Waals surface area contributed by atoms with Gasteiger partial charge in [-0.3, -0.25) is 9.69 Å². The first-order valence-corrected chi connectivity index (χ1v) is 11.5. The molecule has 1 aromatic heterocycles. The quantitative estimate of drug-likeness (QED) is 0.591. The Balaban J connectivity index is 1.19. The lowest BCUT2D eigenvalue weighted by molar-refractivity contribution is -0.119. The van der Waals surface area contributed by atoms with E-state index in [9.17, 15) is 4.79 Å². The molecule has 2 aromatic carbocycles. The smallest absolute Gasteiger partial charge is 0.230 e. The fourth-order valence-electron chi connectivity index (χ4n) is 3.86. The Morgan fingerprint density at radius 1 is 1.03 bits per heavy atom. The van der Waals surface area contributed by atoms with Crippen molar-refractivity contribution in [2.45, 2.75) is 17.9 Å². The monoisotopic (exact) mass is 420 g/mol. The molecule has 0 saturated carbocycles. The zero-order valence-corrected chi connectivity index (χ0v) is 18.1. The van der Waals surface area contributed by atoms with Crippen molar-refractivity contribution in [3.8, 4) is 0 Å². The van der Waals surface area contributed by atoms with Gasteiger partial charge in [0.15, 0.2) is 0 Å². The zero-order valence-electron chi connectivity index (χ0n) is 17.3. The molecule has 0 aliphatic carbocycles. The van der Waals surface area contributed by atoms with Crippen LogP contribution in [0.4, 0.5) is 5.82 Å². The van der Waals surface area contributed by atoms with Gasteiger partial charge in [0.05, 0.1) is 5.75 Å². The molecule has 0 radical (unpaired) electrons. The van der Waals surface area contributed by atoms with E-state index in [-0.39, 0.29) is 11.9 Å². The van der Waals surface area contributed by atoms with E-state index < -0.39 is 0 Å². The third kappa shape index (κ3) is 5.52. The number of carbonyl (C=O) groups excluding carboxylic acids is 1. The molecule has 1 amide bonds. The standard InChI is InChI=1S/C24H28N4OS/c1-19(17-27-12-14-28(15-13-27)23-8-4-5-11-25-23)26-24(29)18-30-22-10-9-20-6-2-3-7-21(20)16-22/h2-11,16,19H,12-15,17-18H2,1H3,(H,26,29). The maximum absolute atomic E-state index is 12.4. The Bertz CT molecular complexity index is 973. The Kier molecular flexibility index (Phi) is 6.87. The Labute approximate surface area is 182 Å². The highest BCUT2D eigenvalue weighted by Crippen LogP contribution is 2.23. The van der Waals surface area contributed by atoms with E-state index in [1.54, 1.807) is 11.8 Å². The summed E-state index contributed by atoms with van der Waals surface area (Å²) in [7, 11) is 0. The van der Waals surface area contributed by atoms with E-state index in [1.165, 1.54) is 10.8 Å². The van der Waals surface area contributed by atoms with Gasteiger partial charge in [-0.05, 0) is 42.0 Å². The summed E-state index contributed by atoms with van der Waals surface area (Å²) < 4.78 is 0. The van der Waals surface area contributed by atoms with Gasteiger partial charge in [-0.1, -0.05) is 36.4 Å². The molecule has 4 rings (SSSR count). The van der Waals surface area contributed by atoms with Gasteiger partial charge in [-0.25, -0.2) is 4.98 Å². The third-order valence-corrected chi connectivity index (χ3v) is 6.37. The van der Waals surface area contributed by atoms with Crippen LogP contribution in [0.1, 0.15) is 6.92 Å². The van der Waals surface area contributed by atoms with E-state index in [0.717, 1.165) is 43.4 Å². The van der Waals surface area contributed by atoms with Crippen molar-refractivity contribution in [3.05, 3.63) is 66.9 Å². The van der Waals surface area contributed by atoms with Crippen LogP contribution in [0.2, 0.25) is 0 Å². The van der Waals surface area contributed by atoms with E-state index in [4.69, 9.17) is 0 Å². The number of anilines is 1. The Hall–Kier alpha value is -2.57. The van der Waals surface area contributed by atoms with E-state index >= 15 is 0 Å². The van der Waals surface area contributed by atoms with Crippen LogP contribution in [0, 0.1) is 0 Å². The van der Waals surface area contributed by atoms with Crippen LogP contribution < -0.4 is 10.2 Å². The summed E-state index contributed by atoms with van der Waals surface area (Å²) in [5.41, 5.74) is 0. The first-order chi connectivity index (χ1) is 14.7. The summed E-state index contributed by atoms with van der Waals surface area (Å²) in [5, 5.41) is 5.58. The normalized spacial score (nSPS) is 15.8. The number of thioether (sulfide) groups is 1.